The van der Waals surface area contributed by atoms with E-state index in [1.54, 1.807) is 14.1 Å². The molecule has 0 rings (SSSR count). The second-order valence-corrected chi connectivity index (χ2v) is 3.81. The van der Waals surface area contributed by atoms with E-state index >= 15 is 0 Å². The maximum absolute atomic E-state index is 4.92. The molecule has 0 aromatic heterocycles. The van der Waals surface area contributed by atoms with Crippen LogP contribution in [0.3, 0.4) is 0 Å². The van der Waals surface area contributed by atoms with Gasteiger partial charge in [0.1, 0.15) is 0 Å². The van der Waals surface area contributed by atoms with E-state index < -0.39 is 0 Å². The van der Waals surface area contributed by atoms with Crippen molar-refractivity contribution >= 4 is 46.1 Å². The van der Waals surface area contributed by atoms with Gasteiger partial charge in [0, 0.05) is 14.1 Å². The topological polar surface area (TPSA) is 72.8 Å². The van der Waals surface area contributed by atoms with Gasteiger partial charge in [0.05, 0.1) is 11.4 Å². The Labute approximate surface area is 112 Å². The van der Waals surface area contributed by atoms with E-state index in [2.05, 4.69) is 31.7 Å². The summed E-state index contributed by atoms with van der Waals surface area (Å²) in [7, 11) is 3.45. The summed E-state index contributed by atoms with van der Waals surface area (Å²) in [6, 6.07) is 0. The third kappa shape index (κ3) is 6.80. The van der Waals surface area contributed by atoms with E-state index in [1.165, 1.54) is 0 Å². The molecule has 0 bridgehead atoms. The summed E-state index contributed by atoms with van der Waals surface area (Å²) in [5.41, 5.74) is 6.96. The summed E-state index contributed by atoms with van der Waals surface area (Å²) in [5.74, 6) is 0. The second-order valence-electron chi connectivity index (χ2n) is 2.99. The molecule has 0 amide bonds. The first kappa shape index (κ1) is 15.7. The molecule has 0 saturated carbocycles. The lowest BCUT2D eigenvalue weighted by Gasteiger charge is -2.07. The van der Waals surface area contributed by atoms with Gasteiger partial charge in [0.25, 0.3) is 0 Å². The van der Waals surface area contributed by atoms with Crippen molar-refractivity contribution in [2.75, 3.05) is 14.1 Å². The van der Waals surface area contributed by atoms with Crippen LogP contribution in [0.4, 0.5) is 0 Å². The van der Waals surface area contributed by atoms with Crippen LogP contribution in [0.2, 0.25) is 0 Å². The van der Waals surface area contributed by atoms with Crippen molar-refractivity contribution in [2.24, 2.45) is 10.2 Å². The van der Waals surface area contributed by atoms with Gasteiger partial charge in [0.15, 0.2) is 10.2 Å². The molecule has 0 fully saturated rings. The van der Waals surface area contributed by atoms with E-state index in [9.17, 15) is 0 Å². The van der Waals surface area contributed by atoms with Crippen LogP contribution >= 0.6 is 24.4 Å². The Kier molecular flexibility index (Phi) is 8.16. The summed E-state index contributed by atoms with van der Waals surface area (Å²) in [6.45, 7) is 3.83. The fraction of sp³-hybridized carbons (Fsp3) is 0.556. The highest BCUT2D eigenvalue weighted by molar-refractivity contribution is 7.80. The molecule has 0 heterocycles. The van der Waals surface area contributed by atoms with Crippen LogP contribution in [0.1, 0.15) is 20.3 Å². The minimum absolute atomic E-state index is 0.457. The van der Waals surface area contributed by atoms with Crippen molar-refractivity contribution in [3.8, 4) is 0 Å². The van der Waals surface area contributed by atoms with Gasteiger partial charge >= 0.3 is 0 Å². The molecule has 0 atom stereocenters. The molecule has 8 heteroatoms. The van der Waals surface area contributed by atoms with Crippen LogP contribution in [0.5, 0.6) is 0 Å². The molecule has 0 aromatic carbocycles. The van der Waals surface area contributed by atoms with Crippen molar-refractivity contribution in [3.05, 3.63) is 0 Å². The minimum atomic E-state index is 0.457. The van der Waals surface area contributed by atoms with Crippen molar-refractivity contribution in [2.45, 2.75) is 20.3 Å². The molecule has 0 aliphatic carbocycles. The minimum Gasteiger partial charge on any atom is -0.364 e. The van der Waals surface area contributed by atoms with Crippen LogP contribution in [-0.2, 0) is 0 Å². The molecule has 0 spiro atoms. The predicted octanol–water partition coefficient (Wildman–Crippen LogP) is 0.316. The second kappa shape index (κ2) is 8.82. The smallest absolute Gasteiger partial charge is 0.186 e. The lowest BCUT2D eigenvalue weighted by atomic mass is 10.2. The van der Waals surface area contributed by atoms with Gasteiger partial charge in [-0.2, -0.15) is 10.2 Å². The van der Waals surface area contributed by atoms with Crippen LogP contribution in [-0.4, -0.2) is 35.7 Å². The van der Waals surface area contributed by atoms with Gasteiger partial charge in [0.2, 0.25) is 0 Å². The zero-order chi connectivity index (χ0) is 13.3. The Bertz CT molecular complexity index is 336. The number of nitrogens with zero attached hydrogens (tertiary/aromatic N) is 2. The molecule has 0 aliphatic rings. The van der Waals surface area contributed by atoms with Gasteiger partial charge in [-0.1, -0.05) is 6.92 Å². The normalized spacial score (nSPS) is 11.8. The molecule has 17 heavy (non-hydrogen) atoms. The van der Waals surface area contributed by atoms with E-state index in [0.717, 1.165) is 17.8 Å². The van der Waals surface area contributed by atoms with Gasteiger partial charge in [-0.15, -0.1) is 0 Å². The number of rotatable bonds is 4. The molecular formula is C9H18N6S2. The maximum Gasteiger partial charge on any atom is 0.186 e. The molecule has 0 radical (unpaired) electrons. The fourth-order valence-corrected chi connectivity index (χ4v) is 0.936. The zero-order valence-electron chi connectivity index (χ0n) is 10.4. The summed E-state index contributed by atoms with van der Waals surface area (Å²) in [5, 5.41) is 14.7. The van der Waals surface area contributed by atoms with Crippen molar-refractivity contribution in [3.63, 3.8) is 0 Å². The van der Waals surface area contributed by atoms with Crippen LogP contribution in [0.25, 0.3) is 0 Å². The van der Waals surface area contributed by atoms with Gasteiger partial charge < -0.3 is 10.6 Å². The average Bonchev–Trinajstić information content (AvgIpc) is 2.35. The van der Waals surface area contributed by atoms with Crippen LogP contribution in [0.15, 0.2) is 10.2 Å². The highest BCUT2D eigenvalue weighted by Gasteiger charge is 2.02. The molecule has 0 aromatic rings. The first-order chi connectivity index (χ1) is 8.04. The van der Waals surface area contributed by atoms with Crippen LogP contribution in [0, 0.1) is 0 Å². The Hall–Kier alpha value is -1.28. The Morgan fingerprint density at radius 3 is 1.88 bits per heavy atom. The van der Waals surface area contributed by atoms with Gasteiger partial charge in [-0.3, -0.25) is 10.9 Å². The lowest BCUT2D eigenvalue weighted by Crippen LogP contribution is -2.32. The molecule has 0 aliphatic heterocycles. The molecule has 0 unspecified atom stereocenters. The predicted molar refractivity (Wildman–Crippen MR) is 80.4 cm³/mol. The standard InChI is InChI=1S/C9H18N6S2/c1-5-7(13-15-9(17)11-4)6(2)12-14-8(16)10-3/h5H2,1-4H3,(H2,10,14,16)(H2,11,15,17). The number of nitrogens with one attached hydrogen (secondary N) is 4. The first-order valence-electron chi connectivity index (χ1n) is 5.11. The summed E-state index contributed by atoms with van der Waals surface area (Å²) in [6.07, 6.45) is 0.739. The number of hydrogen-bond acceptors (Lipinski definition) is 4. The molecule has 96 valence electrons. The third-order valence-corrected chi connectivity index (χ3v) is 2.42. The Balaban J connectivity index is 4.53. The lowest BCUT2D eigenvalue weighted by molar-refractivity contribution is 0.958. The maximum atomic E-state index is 4.92. The molecule has 4 N–H and O–H groups in total. The van der Waals surface area contributed by atoms with Crippen molar-refractivity contribution in [1.29, 1.82) is 0 Å². The summed E-state index contributed by atoms with van der Waals surface area (Å²) >= 11 is 9.82. The van der Waals surface area contributed by atoms with E-state index in [0.29, 0.717) is 10.2 Å². The number of thiocarbonyl (C=S) groups is 2. The molecular weight excluding hydrogens is 256 g/mol. The monoisotopic (exact) mass is 274 g/mol. The van der Waals surface area contributed by atoms with E-state index in [-0.39, 0.29) is 0 Å². The number of hydrazone groups is 2. The van der Waals surface area contributed by atoms with Gasteiger partial charge in [-0.25, -0.2) is 0 Å². The zero-order valence-corrected chi connectivity index (χ0v) is 12.1. The quantitative estimate of drug-likeness (QED) is 0.336. The van der Waals surface area contributed by atoms with E-state index in [1.807, 2.05) is 13.8 Å². The first-order valence-corrected chi connectivity index (χ1v) is 5.93. The highest BCUT2D eigenvalue weighted by atomic mass is 32.1. The average molecular weight is 274 g/mol. The highest BCUT2D eigenvalue weighted by Crippen LogP contribution is 1.89. The Morgan fingerprint density at radius 2 is 1.47 bits per heavy atom. The van der Waals surface area contributed by atoms with Crippen molar-refractivity contribution in [1.82, 2.24) is 21.5 Å². The fourth-order valence-electron chi connectivity index (χ4n) is 0.845. The molecule has 6 nitrogen and oxygen atoms in total. The summed E-state index contributed by atoms with van der Waals surface area (Å²) < 4.78 is 0. The van der Waals surface area contributed by atoms with E-state index in [4.69, 9.17) is 24.4 Å². The summed E-state index contributed by atoms with van der Waals surface area (Å²) in [4.78, 5) is 0. The van der Waals surface area contributed by atoms with Crippen molar-refractivity contribution < 1.29 is 0 Å². The van der Waals surface area contributed by atoms with Gasteiger partial charge in [-0.05, 0) is 37.8 Å². The number of hydrogen-bond donors (Lipinski definition) is 4. The molecule has 0 saturated heterocycles. The SMILES string of the molecule is CCC(=NNC(=S)NC)C(C)=NNC(=S)NC. The third-order valence-electron chi connectivity index (χ3n) is 1.82. The van der Waals surface area contributed by atoms with Crippen LogP contribution < -0.4 is 21.5 Å². The Morgan fingerprint density at radius 1 is 1.00 bits per heavy atom. The largest absolute Gasteiger partial charge is 0.364 e.